The number of benzene rings is 1. The van der Waals surface area contributed by atoms with Crippen LogP contribution in [0.5, 0.6) is 0 Å². The van der Waals surface area contributed by atoms with E-state index in [2.05, 4.69) is 32.9 Å². The summed E-state index contributed by atoms with van der Waals surface area (Å²) in [5.41, 5.74) is 1.90. The molecule has 0 spiro atoms. The lowest BCUT2D eigenvalue weighted by Gasteiger charge is -2.31. The quantitative estimate of drug-likeness (QED) is 0.723. The van der Waals surface area contributed by atoms with Crippen molar-refractivity contribution in [2.24, 2.45) is 0 Å². The lowest BCUT2D eigenvalue weighted by Crippen LogP contribution is -2.34. The summed E-state index contributed by atoms with van der Waals surface area (Å²) in [7, 11) is 2.12. The minimum Gasteiger partial charge on any atom is -0.295 e. The van der Waals surface area contributed by atoms with Crippen LogP contribution in [-0.4, -0.2) is 40.0 Å². The standard InChI is InChI=1S/C15H15BrClN3S/c1-20-7-8-21-9-11(20)15-18-13(12(16)14(17)19-15)10-5-3-2-4-6-10/h2-6,11H,7-9H2,1H3. The molecular weight excluding hydrogens is 370 g/mol. The number of hydrogen-bond acceptors (Lipinski definition) is 4. The van der Waals surface area contributed by atoms with Crippen LogP contribution in [0.1, 0.15) is 11.9 Å². The lowest BCUT2D eigenvalue weighted by molar-refractivity contribution is 0.264. The van der Waals surface area contributed by atoms with Crippen molar-refractivity contribution in [1.82, 2.24) is 14.9 Å². The number of nitrogens with zero attached hydrogens (tertiary/aromatic N) is 3. The summed E-state index contributed by atoms with van der Waals surface area (Å²) in [6.45, 7) is 1.05. The van der Waals surface area contributed by atoms with Crippen LogP contribution in [0.4, 0.5) is 0 Å². The van der Waals surface area contributed by atoms with Gasteiger partial charge in [0.25, 0.3) is 0 Å². The molecule has 1 fully saturated rings. The zero-order valence-electron chi connectivity index (χ0n) is 11.6. The van der Waals surface area contributed by atoms with Crippen molar-refractivity contribution in [3.8, 4) is 11.3 Å². The number of thioether (sulfide) groups is 1. The maximum absolute atomic E-state index is 6.31. The van der Waals surface area contributed by atoms with Crippen molar-refractivity contribution in [3.63, 3.8) is 0 Å². The third-order valence-corrected chi connectivity index (χ3v) is 5.85. The monoisotopic (exact) mass is 383 g/mol. The van der Waals surface area contributed by atoms with Gasteiger partial charge in [0.05, 0.1) is 16.2 Å². The first-order chi connectivity index (χ1) is 10.2. The van der Waals surface area contributed by atoms with E-state index in [1.165, 1.54) is 0 Å². The Morgan fingerprint density at radius 1 is 1.29 bits per heavy atom. The van der Waals surface area contributed by atoms with Crippen LogP contribution in [-0.2, 0) is 0 Å². The molecule has 21 heavy (non-hydrogen) atoms. The molecule has 3 nitrogen and oxygen atoms in total. The van der Waals surface area contributed by atoms with Gasteiger partial charge in [-0.3, -0.25) is 4.90 Å². The second kappa shape index (κ2) is 6.65. The van der Waals surface area contributed by atoms with Crippen molar-refractivity contribution in [3.05, 3.63) is 45.8 Å². The molecule has 0 bridgehead atoms. The minimum absolute atomic E-state index is 0.219. The average molecular weight is 385 g/mol. The molecule has 1 unspecified atom stereocenters. The Balaban J connectivity index is 2.05. The molecule has 1 aromatic carbocycles. The fourth-order valence-corrected chi connectivity index (χ4v) is 4.12. The maximum atomic E-state index is 6.31. The summed E-state index contributed by atoms with van der Waals surface area (Å²) in [6, 6.07) is 10.3. The Bertz CT molecular complexity index is 638. The van der Waals surface area contributed by atoms with E-state index >= 15 is 0 Å². The van der Waals surface area contributed by atoms with Crippen LogP contribution >= 0.6 is 39.3 Å². The number of aromatic nitrogens is 2. The van der Waals surface area contributed by atoms with E-state index in [0.29, 0.717) is 5.15 Å². The van der Waals surface area contributed by atoms with Crippen molar-refractivity contribution < 1.29 is 0 Å². The van der Waals surface area contributed by atoms with Crippen LogP contribution in [0.2, 0.25) is 5.15 Å². The normalized spacial score (nSPS) is 19.7. The predicted molar refractivity (Wildman–Crippen MR) is 92.9 cm³/mol. The van der Waals surface area contributed by atoms with Crippen LogP contribution in [0.25, 0.3) is 11.3 Å². The fraction of sp³-hybridized carbons (Fsp3) is 0.333. The maximum Gasteiger partial charge on any atom is 0.148 e. The molecule has 0 amide bonds. The van der Waals surface area contributed by atoms with Gasteiger partial charge in [0.1, 0.15) is 11.0 Å². The van der Waals surface area contributed by atoms with E-state index in [-0.39, 0.29) is 6.04 Å². The van der Waals surface area contributed by atoms with Crippen LogP contribution < -0.4 is 0 Å². The summed E-state index contributed by atoms with van der Waals surface area (Å²) < 4.78 is 0.755. The molecule has 1 aliphatic heterocycles. The Labute approximate surface area is 142 Å². The van der Waals surface area contributed by atoms with Gasteiger partial charge in [-0.05, 0) is 23.0 Å². The zero-order valence-corrected chi connectivity index (χ0v) is 14.7. The van der Waals surface area contributed by atoms with Gasteiger partial charge >= 0.3 is 0 Å². The second-order valence-electron chi connectivity index (χ2n) is 4.97. The topological polar surface area (TPSA) is 29.0 Å². The molecule has 1 saturated heterocycles. The third-order valence-electron chi connectivity index (χ3n) is 3.57. The molecule has 1 aliphatic rings. The summed E-state index contributed by atoms with van der Waals surface area (Å²) in [5, 5.41) is 0.475. The Morgan fingerprint density at radius 2 is 2.05 bits per heavy atom. The van der Waals surface area contributed by atoms with Gasteiger partial charge in [-0.2, -0.15) is 11.8 Å². The summed E-state index contributed by atoms with van der Waals surface area (Å²) in [4.78, 5) is 11.6. The molecule has 1 aromatic heterocycles. The third kappa shape index (κ3) is 3.26. The van der Waals surface area contributed by atoms with E-state index in [0.717, 1.165) is 39.6 Å². The molecule has 2 aromatic rings. The van der Waals surface area contributed by atoms with Gasteiger partial charge in [0.15, 0.2) is 0 Å². The van der Waals surface area contributed by atoms with E-state index in [9.17, 15) is 0 Å². The van der Waals surface area contributed by atoms with E-state index in [4.69, 9.17) is 16.6 Å². The molecule has 0 radical (unpaired) electrons. The fourth-order valence-electron chi connectivity index (χ4n) is 2.33. The molecule has 0 N–H and O–H groups in total. The summed E-state index contributed by atoms with van der Waals surface area (Å²) in [6.07, 6.45) is 0. The van der Waals surface area contributed by atoms with Crippen molar-refractivity contribution in [1.29, 1.82) is 0 Å². The van der Waals surface area contributed by atoms with Crippen LogP contribution in [0, 0.1) is 0 Å². The van der Waals surface area contributed by atoms with Gasteiger partial charge < -0.3 is 0 Å². The summed E-state index contributed by atoms with van der Waals surface area (Å²) in [5.74, 6) is 2.96. The van der Waals surface area contributed by atoms with Crippen molar-refractivity contribution >= 4 is 39.3 Å². The highest BCUT2D eigenvalue weighted by Gasteiger charge is 2.25. The lowest BCUT2D eigenvalue weighted by atomic mass is 10.1. The predicted octanol–water partition coefficient (Wildman–Crippen LogP) is 4.28. The number of hydrogen-bond donors (Lipinski definition) is 0. The first kappa shape index (κ1) is 15.3. The molecule has 2 heterocycles. The second-order valence-corrected chi connectivity index (χ2v) is 7.27. The highest BCUT2D eigenvalue weighted by molar-refractivity contribution is 9.10. The zero-order chi connectivity index (χ0) is 14.8. The van der Waals surface area contributed by atoms with E-state index < -0.39 is 0 Å². The van der Waals surface area contributed by atoms with Crippen molar-refractivity contribution in [2.45, 2.75) is 6.04 Å². The van der Waals surface area contributed by atoms with Crippen LogP contribution in [0.15, 0.2) is 34.8 Å². The molecule has 1 atom stereocenters. The SMILES string of the molecule is CN1CCSCC1c1nc(Cl)c(Br)c(-c2ccccc2)n1. The first-order valence-electron chi connectivity index (χ1n) is 6.73. The Morgan fingerprint density at radius 3 is 2.76 bits per heavy atom. The Kier molecular flexibility index (Phi) is 4.84. The van der Waals surface area contributed by atoms with Gasteiger partial charge in [-0.1, -0.05) is 41.9 Å². The van der Waals surface area contributed by atoms with Crippen molar-refractivity contribution in [2.75, 3.05) is 25.1 Å². The van der Waals surface area contributed by atoms with Gasteiger partial charge in [-0.15, -0.1) is 0 Å². The van der Waals surface area contributed by atoms with E-state index in [1.807, 2.05) is 42.1 Å². The highest BCUT2D eigenvalue weighted by atomic mass is 79.9. The largest absolute Gasteiger partial charge is 0.295 e. The van der Waals surface area contributed by atoms with Gasteiger partial charge in [0.2, 0.25) is 0 Å². The smallest absolute Gasteiger partial charge is 0.148 e. The molecule has 0 aliphatic carbocycles. The molecule has 3 rings (SSSR count). The van der Waals surface area contributed by atoms with Crippen LogP contribution in [0.3, 0.4) is 0 Å². The number of rotatable bonds is 2. The Hall–Kier alpha value is -0.620. The van der Waals surface area contributed by atoms with Gasteiger partial charge in [-0.25, -0.2) is 9.97 Å². The molecule has 6 heteroatoms. The average Bonchev–Trinajstić information content (AvgIpc) is 2.51. The molecule has 110 valence electrons. The minimum atomic E-state index is 0.219. The molecule has 0 saturated carbocycles. The summed E-state index contributed by atoms with van der Waals surface area (Å²) >= 11 is 11.8. The van der Waals surface area contributed by atoms with E-state index in [1.54, 1.807) is 0 Å². The first-order valence-corrected chi connectivity index (χ1v) is 9.05. The number of halogens is 2. The van der Waals surface area contributed by atoms with Gasteiger partial charge in [0, 0.05) is 23.6 Å². The highest BCUT2D eigenvalue weighted by Crippen LogP contribution is 2.34. The molecular formula is C15H15BrClN3S.